The zero-order valence-corrected chi connectivity index (χ0v) is 26.8. The van der Waals surface area contributed by atoms with Gasteiger partial charge in [0.2, 0.25) is 17.7 Å². The second kappa shape index (κ2) is 16.1. The lowest BCUT2D eigenvalue weighted by Gasteiger charge is -2.33. The summed E-state index contributed by atoms with van der Waals surface area (Å²) >= 11 is 0. The molecule has 1 saturated heterocycles. The summed E-state index contributed by atoms with van der Waals surface area (Å²) in [5, 5.41) is 14.5. The Kier molecular flexibility index (Phi) is 12.0. The number of nitrogens with one attached hydrogen (secondary N) is 2. The number of para-hydroxylation sites is 2. The summed E-state index contributed by atoms with van der Waals surface area (Å²) in [5.41, 5.74) is 0.782. The van der Waals surface area contributed by atoms with Crippen molar-refractivity contribution < 1.29 is 37.9 Å². The van der Waals surface area contributed by atoms with Crippen LogP contribution >= 0.6 is 7.60 Å². The van der Waals surface area contributed by atoms with Crippen LogP contribution in [0.3, 0.4) is 0 Å². The molecule has 244 valence electrons. The van der Waals surface area contributed by atoms with Gasteiger partial charge in [-0.3, -0.25) is 19.2 Å². The Morgan fingerprint density at radius 3 is 1.91 bits per heavy atom. The number of hydrogen-bond donors (Lipinski definition) is 3. The van der Waals surface area contributed by atoms with Gasteiger partial charge in [0.1, 0.15) is 23.6 Å². The minimum atomic E-state index is -4.19. The van der Waals surface area contributed by atoms with Crippen molar-refractivity contribution in [2.24, 2.45) is 5.92 Å². The normalized spacial score (nSPS) is 15.9. The highest BCUT2D eigenvalue weighted by molar-refractivity contribution is 7.55. The van der Waals surface area contributed by atoms with E-state index in [0.29, 0.717) is 24.3 Å². The summed E-state index contributed by atoms with van der Waals surface area (Å²) in [5.74, 6) is -3.52. The molecule has 0 saturated carbocycles. The molecule has 1 aliphatic rings. The molecule has 3 atom stereocenters. The molecule has 0 unspecified atom stereocenters. The Morgan fingerprint density at radius 1 is 0.848 bits per heavy atom. The predicted octanol–water partition coefficient (Wildman–Crippen LogP) is 5.02. The first-order valence-electron chi connectivity index (χ1n) is 15.3. The van der Waals surface area contributed by atoms with Crippen molar-refractivity contribution in [3.8, 4) is 11.5 Å². The molecule has 46 heavy (non-hydrogen) atoms. The van der Waals surface area contributed by atoms with E-state index in [4.69, 9.17) is 14.2 Å². The van der Waals surface area contributed by atoms with Crippen LogP contribution in [-0.4, -0.2) is 58.1 Å². The molecule has 0 aliphatic carbocycles. The van der Waals surface area contributed by atoms with E-state index in [1.54, 1.807) is 74.5 Å². The van der Waals surface area contributed by atoms with Gasteiger partial charge in [-0.1, -0.05) is 80.6 Å². The second-order valence-electron chi connectivity index (χ2n) is 11.4. The van der Waals surface area contributed by atoms with Gasteiger partial charge in [-0.15, -0.1) is 0 Å². The van der Waals surface area contributed by atoms with Crippen molar-refractivity contribution in [1.82, 2.24) is 15.5 Å². The molecule has 1 aliphatic heterocycles. The Balaban J connectivity index is 1.61. The van der Waals surface area contributed by atoms with Crippen LogP contribution in [0.1, 0.15) is 45.1 Å². The molecular weight excluding hydrogens is 609 g/mol. The topological polar surface area (TPSA) is 151 Å². The third-order valence-corrected chi connectivity index (χ3v) is 9.57. The number of carbonyl (C=O) groups is 4. The smallest absolute Gasteiger partial charge is 0.453 e. The Labute approximate surface area is 268 Å². The zero-order chi connectivity index (χ0) is 33.1. The molecule has 11 nitrogen and oxygen atoms in total. The standard InChI is InChI=1S/C34H40N3O8P/c1-24(2)32(35-29(38)20-21-31(39)40)34(42)37-22-12-19-28(37)33(41)36-30(23-25-13-6-3-7-14-25)46(43,44-26-15-8-4-9-16-26)45-27-17-10-5-11-18-27/h3-11,13-18,24,28,30,32H,12,19-23H2,1-2H3,(H,35,38)(H,36,41)(H,39,40)/t28-,30+,32-/m0/s1. The molecule has 0 spiro atoms. The Bertz CT molecular complexity index is 1480. The van der Waals surface area contributed by atoms with Gasteiger partial charge in [-0.25, -0.2) is 4.57 Å². The molecular formula is C34H40N3O8P. The van der Waals surface area contributed by atoms with Crippen LogP contribution in [0.2, 0.25) is 0 Å². The molecule has 0 bridgehead atoms. The van der Waals surface area contributed by atoms with Crippen molar-refractivity contribution in [3.63, 3.8) is 0 Å². The van der Waals surface area contributed by atoms with Crippen molar-refractivity contribution >= 4 is 31.3 Å². The maximum Gasteiger partial charge on any atom is 0.453 e. The molecule has 1 heterocycles. The van der Waals surface area contributed by atoms with Crippen LogP contribution in [0, 0.1) is 5.92 Å². The summed E-state index contributed by atoms with van der Waals surface area (Å²) in [4.78, 5) is 52.6. The Hall–Kier alpha value is -4.63. The summed E-state index contributed by atoms with van der Waals surface area (Å²) in [6, 6.07) is 24.5. The summed E-state index contributed by atoms with van der Waals surface area (Å²) in [6.07, 6.45) is 0.381. The lowest BCUT2D eigenvalue weighted by Crippen LogP contribution is -2.56. The van der Waals surface area contributed by atoms with Gasteiger partial charge in [0, 0.05) is 19.4 Å². The van der Waals surface area contributed by atoms with Crippen LogP contribution in [0.15, 0.2) is 91.0 Å². The average Bonchev–Trinajstić information content (AvgIpc) is 3.54. The lowest BCUT2D eigenvalue weighted by molar-refractivity contribution is -0.143. The molecule has 0 radical (unpaired) electrons. The van der Waals surface area contributed by atoms with Gasteiger partial charge in [-0.2, -0.15) is 0 Å². The number of carboxylic acids is 1. The van der Waals surface area contributed by atoms with E-state index in [2.05, 4.69) is 10.6 Å². The third-order valence-electron chi connectivity index (χ3n) is 7.57. The highest BCUT2D eigenvalue weighted by Crippen LogP contribution is 2.53. The van der Waals surface area contributed by atoms with E-state index in [1.165, 1.54) is 4.90 Å². The molecule has 3 N–H and O–H groups in total. The van der Waals surface area contributed by atoms with Crippen molar-refractivity contribution in [2.45, 2.75) is 63.8 Å². The number of nitrogens with zero attached hydrogens (tertiary/aromatic N) is 1. The summed E-state index contributed by atoms with van der Waals surface area (Å²) in [6.45, 7) is 3.81. The van der Waals surface area contributed by atoms with E-state index in [9.17, 15) is 23.7 Å². The van der Waals surface area contributed by atoms with Gasteiger partial charge in [-0.05, 0) is 48.6 Å². The summed E-state index contributed by atoms with van der Waals surface area (Å²) < 4.78 is 27.0. The average molecular weight is 650 g/mol. The van der Waals surface area contributed by atoms with Crippen molar-refractivity contribution in [1.29, 1.82) is 0 Å². The number of hydrogen-bond acceptors (Lipinski definition) is 7. The monoisotopic (exact) mass is 649 g/mol. The fourth-order valence-corrected chi connectivity index (χ4v) is 7.05. The van der Waals surface area contributed by atoms with E-state index >= 15 is 0 Å². The SMILES string of the molecule is CC(C)[C@H](NC(=O)CCC(=O)O)C(=O)N1CCC[C@H]1C(=O)N[C@@H](Cc1ccccc1)P(=O)(Oc1ccccc1)Oc1ccccc1. The van der Waals surface area contributed by atoms with Crippen molar-refractivity contribution in [3.05, 3.63) is 96.6 Å². The molecule has 3 amide bonds. The molecule has 3 aromatic carbocycles. The second-order valence-corrected chi connectivity index (χ2v) is 13.5. The number of carbonyl (C=O) groups excluding carboxylic acids is 3. The first kappa shape index (κ1) is 34.2. The number of carboxylic acid groups (broad SMARTS) is 1. The van der Waals surface area contributed by atoms with E-state index in [1.807, 2.05) is 30.3 Å². The quantitative estimate of drug-likeness (QED) is 0.194. The van der Waals surface area contributed by atoms with Gasteiger partial charge in [0.15, 0.2) is 5.78 Å². The van der Waals surface area contributed by atoms with Crippen molar-refractivity contribution in [2.75, 3.05) is 6.54 Å². The first-order valence-corrected chi connectivity index (χ1v) is 16.9. The minimum Gasteiger partial charge on any atom is -0.481 e. The molecule has 4 rings (SSSR count). The van der Waals surface area contributed by atoms with Crippen LogP contribution in [0.5, 0.6) is 11.5 Å². The maximum absolute atomic E-state index is 14.8. The molecule has 0 aromatic heterocycles. The molecule has 12 heteroatoms. The van der Waals surface area contributed by atoms with E-state index < -0.39 is 49.2 Å². The molecule has 3 aromatic rings. The highest BCUT2D eigenvalue weighted by Gasteiger charge is 2.44. The number of rotatable bonds is 15. The number of amides is 3. The van der Waals surface area contributed by atoms with Crippen LogP contribution in [0.4, 0.5) is 0 Å². The minimum absolute atomic E-state index is 0.110. The van der Waals surface area contributed by atoms with Crippen LogP contribution in [0.25, 0.3) is 0 Å². The lowest BCUT2D eigenvalue weighted by atomic mass is 10.0. The number of likely N-dealkylation sites (tertiary alicyclic amines) is 1. The fraction of sp³-hybridized carbons (Fsp3) is 0.353. The predicted molar refractivity (Wildman–Crippen MR) is 172 cm³/mol. The zero-order valence-electron chi connectivity index (χ0n) is 25.9. The van der Waals surface area contributed by atoms with Gasteiger partial charge in [0.25, 0.3) is 0 Å². The van der Waals surface area contributed by atoms with Gasteiger partial charge >= 0.3 is 13.6 Å². The van der Waals surface area contributed by atoms with E-state index in [-0.39, 0.29) is 31.7 Å². The van der Waals surface area contributed by atoms with Crippen LogP contribution in [-0.2, 0) is 30.2 Å². The highest BCUT2D eigenvalue weighted by atomic mass is 31.2. The maximum atomic E-state index is 14.8. The first-order chi connectivity index (χ1) is 22.1. The number of aliphatic carboxylic acids is 1. The Morgan fingerprint density at radius 2 is 1.39 bits per heavy atom. The largest absolute Gasteiger partial charge is 0.481 e. The van der Waals surface area contributed by atoms with Crippen LogP contribution < -0.4 is 19.7 Å². The number of benzene rings is 3. The fourth-order valence-electron chi connectivity index (χ4n) is 5.20. The van der Waals surface area contributed by atoms with Gasteiger partial charge in [0.05, 0.1) is 6.42 Å². The van der Waals surface area contributed by atoms with E-state index in [0.717, 1.165) is 5.56 Å². The van der Waals surface area contributed by atoms with Gasteiger partial charge < -0.3 is 29.7 Å². The molecule has 1 fully saturated rings. The summed E-state index contributed by atoms with van der Waals surface area (Å²) in [7, 11) is -4.19. The third kappa shape index (κ3) is 9.44.